The van der Waals surface area contributed by atoms with Crippen LogP contribution < -0.4 is 5.32 Å². The zero-order valence-corrected chi connectivity index (χ0v) is 12.4. The Morgan fingerprint density at radius 1 is 1.35 bits per heavy atom. The number of hydrogen-bond acceptors (Lipinski definition) is 3. The summed E-state index contributed by atoms with van der Waals surface area (Å²) in [6.45, 7) is 1.47. The van der Waals surface area contributed by atoms with Crippen molar-refractivity contribution >= 4 is 40.9 Å². The van der Waals surface area contributed by atoms with E-state index in [4.69, 9.17) is 33.4 Å². The van der Waals surface area contributed by atoms with E-state index in [9.17, 15) is 9.59 Å². The van der Waals surface area contributed by atoms with Gasteiger partial charge in [-0.15, -0.1) is 0 Å². The molecule has 0 aliphatic carbocycles. The molecule has 0 saturated carbocycles. The number of hydrogen-bond donors (Lipinski definition) is 3. The van der Waals surface area contributed by atoms with E-state index < -0.39 is 12.0 Å². The van der Waals surface area contributed by atoms with E-state index in [1.165, 1.54) is 24.1 Å². The van der Waals surface area contributed by atoms with E-state index in [2.05, 4.69) is 5.32 Å². The van der Waals surface area contributed by atoms with Crippen molar-refractivity contribution < 1.29 is 19.8 Å². The Hall–Kier alpha value is -1.50. The minimum Gasteiger partial charge on any atom is -0.478 e. The zero-order valence-electron chi connectivity index (χ0n) is 10.9. The van der Waals surface area contributed by atoms with Gasteiger partial charge in [-0.25, -0.2) is 9.59 Å². The second-order valence-electron chi connectivity index (χ2n) is 4.19. The monoisotopic (exact) mass is 320 g/mol. The number of aliphatic hydroxyl groups is 1. The number of carbonyl (C=O) groups excluding carboxylic acids is 1. The van der Waals surface area contributed by atoms with Crippen molar-refractivity contribution in [2.45, 2.75) is 13.0 Å². The van der Waals surface area contributed by atoms with E-state index in [0.717, 1.165) is 0 Å². The maximum atomic E-state index is 11.9. The largest absolute Gasteiger partial charge is 0.478 e. The highest BCUT2D eigenvalue weighted by Crippen LogP contribution is 2.32. The van der Waals surface area contributed by atoms with Crippen molar-refractivity contribution in [3.8, 4) is 0 Å². The number of likely N-dealkylation sites (N-methyl/N-ethyl adjacent to an activating group) is 1. The van der Waals surface area contributed by atoms with Gasteiger partial charge in [-0.2, -0.15) is 0 Å². The molecule has 0 aliphatic heterocycles. The number of nitrogens with one attached hydrogen (secondary N) is 1. The van der Waals surface area contributed by atoms with Crippen molar-refractivity contribution in [1.82, 2.24) is 4.90 Å². The average Bonchev–Trinajstić information content (AvgIpc) is 2.40. The van der Waals surface area contributed by atoms with Crippen LogP contribution in [0.15, 0.2) is 12.1 Å². The Balaban J connectivity index is 2.99. The molecule has 2 amide bonds. The van der Waals surface area contributed by atoms with Crippen LogP contribution in [0.4, 0.5) is 10.5 Å². The number of aromatic carboxylic acids is 1. The van der Waals surface area contributed by atoms with Gasteiger partial charge >= 0.3 is 12.0 Å². The van der Waals surface area contributed by atoms with E-state index in [0.29, 0.717) is 0 Å². The highest BCUT2D eigenvalue weighted by atomic mass is 35.5. The molecule has 1 unspecified atom stereocenters. The van der Waals surface area contributed by atoms with Gasteiger partial charge in [0.05, 0.1) is 33.9 Å². The molecule has 110 valence electrons. The maximum absolute atomic E-state index is 11.9. The summed E-state index contributed by atoms with van der Waals surface area (Å²) in [4.78, 5) is 24.0. The summed E-state index contributed by atoms with van der Waals surface area (Å²) < 4.78 is 0. The van der Waals surface area contributed by atoms with Crippen LogP contribution >= 0.6 is 23.2 Å². The molecular formula is C12H14Cl2N2O4. The SMILES string of the molecule is CC(CO)N(C)C(=O)Nc1c(Cl)cc(C(=O)O)cc1Cl. The van der Waals surface area contributed by atoms with E-state index in [1.54, 1.807) is 6.92 Å². The Labute approximate surface area is 125 Å². The molecule has 0 bridgehead atoms. The molecule has 1 aromatic rings. The van der Waals surface area contributed by atoms with Crippen molar-refractivity contribution in [1.29, 1.82) is 0 Å². The first-order valence-electron chi connectivity index (χ1n) is 5.65. The summed E-state index contributed by atoms with van der Waals surface area (Å²) in [6.07, 6.45) is 0. The van der Waals surface area contributed by atoms with E-state index in [-0.39, 0.29) is 33.9 Å². The van der Waals surface area contributed by atoms with Gasteiger partial charge in [-0.05, 0) is 19.1 Å². The van der Waals surface area contributed by atoms with Gasteiger partial charge in [-0.1, -0.05) is 23.2 Å². The number of carbonyl (C=O) groups is 2. The number of benzene rings is 1. The maximum Gasteiger partial charge on any atom is 0.335 e. The van der Waals surface area contributed by atoms with Gasteiger partial charge in [0.2, 0.25) is 0 Å². The number of aliphatic hydroxyl groups excluding tert-OH is 1. The number of halogens is 2. The van der Waals surface area contributed by atoms with Crippen LogP contribution in [0, 0.1) is 0 Å². The third kappa shape index (κ3) is 3.75. The lowest BCUT2D eigenvalue weighted by Crippen LogP contribution is -2.40. The second-order valence-corrected chi connectivity index (χ2v) is 5.01. The Bertz CT molecular complexity index is 513. The molecule has 1 aromatic carbocycles. The molecule has 6 nitrogen and oxygen atoms in total. The number of rotatable bonds is 4. The van der Waals surface area contributed by atoms with Crippen molar-refractivity contribution in [2.75, 3.05) is 19.0 Å². The third-order valence-electron chi connectivity index (χ3n) is 2.77. The summed E-state index contributed by atoms with van der Waals surface area (Å²) in [5.74, 6) is -1.17. The third-order valence-corrected chi connectivity index (χ3v) is 3.36. The average molecular weight is 321 g/mol. The molecule has 0 spiro atoms. The highest BCUT2D eigenvalue weighted by Gasteiger charge is 2.19. The Morgan fingerprint density at radius 2 is 1.85 bits per heavy atom. The van der Waals surface area contributed by atoms with Gasteiger partial charge in [0.1, 0.15) is 0 Å². The number of urea groups is 1. The first-order valence-corrected chi connectivity index (χ1v) is 6.40. The lowest BCUT2D eigenvalue weighted by Gasteiger charge is -2.24. The van der Waals surface area contributed by atoms with Gasteiger partial charge in [0.15, 0.2) is 0 Å². The summed E-state index contributed by atoms with van der Waals surface area (Å²) in [5.41, 5.74) is 0.0513. The lowest BCUT2D eigenvalue weighted by molar-refractivity contribution is 0.0697. The standard InChI is InChI=1S/C12H14Cl2N2O4/c1-6(5-17)16(2)12(20)15-10-8(13)3-7(11(18)19)4-9(10)14/h3-4,6,17H,5H2,1-2H3,(H,15,20)(H,18,19). The van der Waals surface area contributed by atoms with Crippen molar-refractivity contribution in [2.24, 2.45) is 0 Å². The van der Waals surface area contributed by atoms with E-state index in [1.807, 2.05) is 0 Å². The number of anilines is 1. The fourth-order valence-electron chi connectivity index (χ4n) is 1.33. The molecule has 20 heavy (non-hydrogen) atoms. The first-order chi connectivity index (χ1) is 9.27. The Morgan fingerprint density at radius 3 is 2.25 bits per heavy atom. The molecule has 1 rings (SSSR count). The first kappa shape index (κ1) is 16.6. The quantitative estimate of drug-likeness (QED) is 0.795. The van der Waals surface area contributed by atoms with E-state index >= 15 is 0 Å². The molecule has 0 aliphatic rings. The van der Waals surface area contributed by atoms with Crippen molar-refractivity contribution in [3.63, 3.8) is 0 Å². The highest BCUT2D eigenvalue weighted by molar-refractivity contribution is 6.40. The topological polar surface area (TPSA) is 89.9 Å². The Kier molecular flexibility index (Phi) is 5.62. The van der Waals surface area contributed by atoms with Gasteiger partial charge in [-0.3, -0.25) is 0 Å². The lowest BCUT2D eigenvalue weighted by atomic mass is 10.2. The van der Waals surface area contributed by atoms with Gasteiger partial charge in [0.25, 0.3) is 0 Å². The predicted octanol–water partition coefficient (Wildman–Crippen LogP) is 2.54. The molecule has 8 heteroatoms. The summed E-state index contributed by atoms with van der Waals surface area (Å²) in [5, 5.41) is 20.4. The minimum atomic E-state index is -1.17. The second kappa shape index (κ2) is 6.78. The fraction of sp³-hybridized carbons (Fsp3) is 0.333. The molecule has 3 N–H and O–H groups in total. The van der Waals surface area contributed by atoms with Crippen molar-refractivity contribution in [3.05, 3.63) is 27.7 Å². The predicted molar refractivity (Wildman–Crippen MR) is 76.8 cm³/mol. The molecule has 0 aromatic heterocycles. The number of nitrogens with zero attached hydrogens (tertiary/aromatic N) is 1. The number of amides is 2. The van der Waals surface area contributed by atoms with Crippen LogP contribution in [0.25, 0.3) is 0 Å². The molecular weight excluding hydrogens is 307 g/mol. The van der Waals surface area contributed by atoms with Crippen LogP contribution in [-0.4, -0.2) is 46.8 Å². The summed E-state index contributed by atoms with van der Waals surface area (Å²) in [6, 6.07) is 1.49. The number of carboxylic acid groups (broad SMARTS) is 1. The van der Waals surface area contributed by atoms with Gasteiger partial charge in [0, 0.05) is 7.05 Å². The molecule has 1 atom stereocenters. The van der Waals surface area contributed by atoms with Crippen LogP contribution in [0.1, 0.15) is 17.3 Å². The normalized spacial score (nSPS) is 11.8. The van der Waals surface area contributed by atoms with Gasteiger partial charge < -0.3 is 20.4 Å². The summed E-state index contributed by atoms with van der Waals surface area (Å²) >= 11 is 11.8. The van der Waals surface area contributed by atoms with Crippen LogP contribution in [0.3, 0.4) is 0 Å². The smallest absolute Gasteiger partial charge is 0.335 e. The van der Waals surface area contributed by atoms with Crippen LogP contribution in [0.5, 0.6) is 0 Å². The zero-order chi connectivity index (χ0) is 15.4. The van der Waals surface area contributed by atoms with Crippen LogP contribution in [0.2, 0.25) is 10.0 Å². The molecule has 0 saturated heterocycles. The van der Waals surface area contributed by atoms with Crippen LogP contribution in [-0.2, 0) is 0 Å². The minimum absolute atomic E-state index is 0.0216. The summed E-state index contributed by atoms with van der Waals surface area (Å²) in [7, 11) is 1.50. The molecule has 0 heterocycles. The molecule has 0 fully saturated rings. The number of carboxylic acids is 1. The fourth-order valence-corrected chi connectivity index (χ4v) is 1.92. The molecule has 0 radical (unpaired) electrons.